The summed E-state index contributed by atoms with van der Waals surface area (Å²) in [5.41, 5.74) is 0. The maximum absolute atomic E-state index is 13.0. The van der Waals surface area contributed by atoms with E-state index in [-0.39, 0.29) is 12.5 Å². The number of aliphatic hydroxyl groups excluding tert-OH is 5. The molecule has 7 unspecified atom stereocenters. The Hall–Kier alpha value is -2.37. The lowest BCUT2D eigenvalue weighted by Gasteiger charge is -2.40. The van der Waals surface area contributed by atoms with Gasteiger partial charge in [-0.15, -0.1) is 0 Å². The average molecular weight is 985 g/mol. The second-order valence-corrected chi connectivity index (χ2v) is 20.0. The minimum absolute atomic E-state index is 0.202. The van der Waals surface area contributed by atoms with Gasteiger partial charge in [0.2, 0.25) is 5.91 Å². The van der Waals surface area contributed by atoms with Gasteiger partial charge in [0.1, 0.15) is 24.4 Å². The van der Waals surface area contributed by atoms with Gasteiger partial charge in [-0.05, 0) is 77.0 Å². The number of hydrogen-bond acceptors (Lipinski definition) is 8. The molecule has 0 spiro atoms. The maximum atomic E-state index is 13.0. The maximum Gasteiger partial charge on any atom is 0.220 e. The molecule has 0 radical (unpaired) electrons. The summed E-state index contributed by atoms with van der Waals surface area (Å²) in [6.45, 7) is 3.65. The van der Waals surface area contributed by atoms with Crippen molar-refractivity contribution in [3.05, 3.63) is 72.9 Å². The van der Waals surface area contributed by atoms with E-state index < -0.39 is 49.5 Å². The third kappa shape index (κ3) is 39.2. The molecule has 0 aliphatic carbocycles. The quantitative estimate of drug-likeness (QED) is 0.0261. The molecule has 9 nitrogen and oxygen atoms in total. The first-order valence-electron chi connectivity index (χ1n) is 29.2. The molecule has 0 aromatic heterocycles. The van der Waals surface area contributed by atoms with Crippen LogP contribution in [-0.4, -0.2) is 87.5 Å². The van der Waals surface area contributed by atoms with Crippen molar-refractivity contribution in [2.24, 2.45) is 0 Å². The fourth-order valence-corrected chi connectivity index (χ4v) is 8.91. The van der Waals surface area contributed by atoms with Gasteiger partial charge in [0.25, 0.3) is 0 Å². The first kappa shape index (κ1) is 65.6. The van der Waals surface area contributed by atoms with Gasteiger partial charge in [0.05, 0.1) is 25.4 Å². The molecule has 7 atom stereocenters. The van der Waals surface area contributed by atoms with E-state index in [0.717, 1.165) is 77.0 Å². The molecule has 406 valence electrons. The number of carbonyl (C=O) groups excluding carboxylic acids is 1. The molecule has 1 rings (SSSR count). The molecular weight excluding hydrogens is 875 g/mol. The minimum atomic E-state index is -1.58. The molecule has 1 fully saturated rings. The van der Waals surface area contributed by atoms with Crippen molar-refractivity contribution in [2.75, 3.05) is 13.2 Å². The third-order valence-electron chi connectivity index (χ3n) is 13.5. The molecule has 1 aliphatic rings. The number of nitrogens with one attached hydrogen (secondary N) is 1. The number of unbranched alkanes of at least 4 members (excludes halogenated alkanes) is 29. The highest BCUT2D eigenvalue weighted by Crippen LogP contribution is 2.23. The summed E-state index contributed by atoms with van der Waals surface area (Å²) in [6, 6.07) is -0.838. The predicted octanol–water partition coefficient (Wildman–Crippen LogP) is 14.5. The number of aliphatic hydroxyl groups is 5. The van der Waals surface area contributed by atoms with Crippen LogP contribution >= 0.6 is 0 Å². The third-order valence-corrected chi connectivity index (χ3v) is 13.5. The Labute approximate surface area is 429 Å². The van der Waals surface area contributed by atoms with E-state index in [0.29, 0.717) is 6.42 Å². The van der Waals surface area contributed by atoms with Gasteiger partial charge in [0.15, 0.2) is 6.29 Å². The molecule has 1 aliphatic heterocycles. The summed E-state index contributed by atoms with van der Waals surface area (Å²) >= 11 is 0. The van der Waals surface area contributed by atoms with Crippen LogP contribution in [-0.2, 0) is 14.3 Å². The van der Waals surface area contributed by atoms with E-state index >= 15 is 0 Å². The molecule has 0 saturated carbocycles. The zero-order valence-corrected chi connectivity index (χ0v) is 45.0. The van der Waals surface area contributed by atoms with Gasteiger partial charge >= 0.3 is 0 Å². The Balaban J connectivity index is 2.24. The van der Waals surface area contributed by atoms with E-state index in [9.17, 15) is 30.3 Å². The van der Waals surface area contributed by atoms with Crippen molar-refractivity contribution in [3.63, 3.8) is 0 Å². The molecule has 0 aromatic carbocycles. The van der Waals surface area contributed by atoms with E-state index in [2.05, 4.69) is 79.9 Å². The van der Waals surface area contributed by atoms with Gasteiger partial charge < -0.3 is 40.3 Å². The summed E-state index contributed by atoms with van der Waals surface area (Å²) in [5.74, 6) is -0.202. The Kier molecular flexibility index (Phi) is 47.1. The zero-order valence-electron chi connectivity index (χ0n) is 45.0. The SMILES string of the molecule is CC/C=C\C/C=C\C/C=C\CCCCCCCCCC(=O)NC(COC1OC(CO)C(O)C(O)C1O)C(O)/C=C/CC/C=C/CC/C=C/CCCCCCCCCCCCCCCCCCCCCC. The van der Waals surface area contributed by atoms with E-state index in [1.807, 2.05) is 6.08 Å². The summed E-state index contributed by atoms with van der Waals surface area (Å²) in [5, 5.41) is 54.4. The van der Waals surface area contributed by atoms with Crippen LogP contribution in [0.5, 0.6) is 0 Å². The van der Waals surface area contributed by atoms with Crippen LogP contribution in [0.2, 0.25) is 0 Å². The van der Waals surface area contributed by atoms with Gasteiger partial charge in [0, 0.05) is 6.42 Å². The second kappa shape index (κ2) is 50.2. The lowest BCUT2D eigenvalue weighted by molar-refractivity contribution is -0.302. The summed E-state index contributed by atoms with van der Waals surface area (Å²) in [7, 11) is 0. The van der Waals surface area contributed by atoms with Crippen LogP contribution in [0.3, 0.4) is 0 Å². The molecule has 9 heteroatoms. The Morgan fingerprint density at radius 3 is 1.37 bits per heavy atom. The zero-order chi connectivity index (χ0) is 50.8. The number of amides is 1. The van der Waals surface area contributed by atoms with Crippen LogP contribution < -0.4 is 5.32 Å². The van der Waals surface area contributed by atoms with Crippen molar-refractivity contribution in [2.45, 2.75) is 294 Å². The summed E-state index contributed by atoms with van der Waals surface area (Å²) in [4.78, 5) is 13.0. The van der Waals surface area contributed by atoms with Crippen molar-refractivity contribution < 1.29 is 39.8 Å². The van der Waals surface area contributed by atoms with Gasteiger partial charge in [-0.2, -0.15) is 0 Å². The molecule has 1 heterocycles. The number of rotatable bonds is 49. The monoisotopic (exact) mass is 984 g/mol. The first-order valence-corrected chi connectivity index (χ1v) is 29.2. The smallest absolute Gasteiger partial charge is 0.220 e. The van der Waals surface area contributed by atoms with Gasteiger partial charge in [-0.3, -0.25) is 4.79 Å². The number of carbonyl (C=O) groups is 1. The summed E-state index contributed by atoms with van der Waals surface area (Å²) < 4.78 is 11.2. The Bertz CT molecular complexity index is 1330. The first-order chi connectivity index (χ1) is 34.3. The highest BCUT2D eigenvalue weighted by Gasteiger charge is 2.44. The molecule has 70 heavy (non-hydrogen) atoms. The van der Waals surface area contributed by atoms with Crippen molar-refractivity contribution in [1.29, 1.82) is 0 Å². The van der Waals surface area contributed by atoms with Crippen molar-refractivity contribution in [3.8, 4) is 0 Å². The molecule has 6 N–H and O–H groups in total. The van der Waals surface area contributed by atoms with E-state index in [4.69, 9.17) is 9.47 Å². The average Bonchev–Trinajstić information content (AvgIpc) is 3.36. The van der Waals surface area contributed by atoms with Crippen LogP contribution in [0.4, 0.5) is 0 Å². The van der Waals surface area contributed by atoms with Crippen molar-refractivity contribution >= 4 is 5.91 Å². The van der Waals surface area contributed by atoms with Crippen molar-refractivity contribution in [1.82, 2.24) is 5.32 Å². The molecule has 1 amide bonds. The molecular formula is C61H109NO8. The highest BCUT2D eigenvalue weighted by atomic mass is 16.7. The largest absolute Gasteiger partial charge is 0.394 e. The highest BCUT2D eigenvalue weighted by molar-refractivity contribution is 5.76. The molecule has 0 aromatic rings. The normalized spacial score (nSPS) is 19.9. The Morgan fingerprint density at radius 1 is 0.500 bits per heavy atom. The number of ether oxygens (including phenoxy) is 2. The summed E-state index contributed by atoms with van der Waals surface area (Å²) in [6.07, 6.45) is 62.7. The second-order valence-electron chi connectivity index (χ2n) is 20.0. The van der Waals surface area contributed by atoms with E-state index in [1.54, 1.807) is 6.08 Å². The van der Waals surface area contributed by atoms with Crippen LogP contribution in [0.1, 0.15) is 251 Å². The van der Waals surface area contributed by atoms with Gasteiger partial charge in [-0.25, -0.2) is 0 Å². The number of allylic oxidation sites excluding steroid dienone is 11. The minimum Gasteiger partial charge on any atom is -0.394 e. The topological polar surface area (TPSA) is 149 Å². The van der Waals surface area contributed by atoms with Crippen LogP contribution in [0.15, 0.2) is 72.9 Å². The lowest BCUT2D eigenvalue weighted by Crippen LogP contribution is -2.60. The standard InChI is InChI=1S/C61H109NO8/c1-3-5-7-9-11-13-15-17-19-21-22-23-24-25-26-27-28-29-30-31-32-33-35-36-38-40-42-44-46-48-50-55(64)54(53-69-61-60(68)59(67)58(66)56(52-63)70-61)62-57(65)51-49-47-45-43-41-39-37-34-20-18-16-14-12-10-8-6-4-2/h6,8,12,14,18,20,33,35,40,42,48,50,54-56,58-61,63-64,66-68H,3-5,7,9-11,13,15-17,19,21-32,34,36-39,41,43-47,49,51-53H2,1-2H3,(H,62,65)/b8-6-,14-12-,20-18-,35-33+,42-40+,50-48+. The fourth-order valence-electron chi connectivity index (χ4n) is 8.91. The van der Waals surface area contributed by atoms with Crippen LogP contribution in [0.25, 0.3) is 0 Å². The number of hydrogen-bond donors (Lipinski definition) is 6. The fraction of sp³-hybridized carbons (Fsp3) is 0.787. The lowest BCUT2D eigenvalue weighted by atomic mass is 9.99. The molecule has 0 bridgehead atoms. The van der Waals surface area contributed by atoms with Gasteiger partial charge in [-0.1, -0.05) is 241 Å². The Morgan fingerprint density at radius 2 is 0.900 bits per heavy atom. The predicted molar refractivity (Wildman–Crippen MR) is 295 cm³/mol. The van der Waals surface area contributed by atoms with E-state index in [1.165, 1.54) is 154 Å². The molecule has 1 saturated heterocycles. The van der Waals surface area contributed by atoms with Crippen LogP contribution in [0, 0.1) is 0 Å².